The molecule has 1 heterocycles. The van der Waals surface area contributed by atoms with Crippen LogP contribution in [0.2, 0.25) is 0 Å². The normalized spacial score (nSPS) is 14.6. The van der Waals surface area contributed by atoms with Gasteiger partial charge >= 0.3 is 0 Å². The van der Waals surface area contributed by atoms with Gasteiger partial charge in [-0.25, -0.2) is 0 Å². The summed E-state index contributed by atoms with van der Waals surface area (Å²) in [6.07, 6.45) is 1.15. The predicted octanol–water partition coefficient (Wildman–Crippen LogP) is 4.37. The summed E-state index contributed by atoms with van der Waals surface area (Å²) in [5, 5.41) is 0. The van der Waals surface area contributed by atoms with Crippen LogP contribution >= 0.6 is 0 Å². The largest absolute Gasteiger partial charge is 0.367 e. The minimum atomic E-state index is 0.608. The standard InChI is InChI=1S/C18H21N/c1-14(2)15-7-9-18(10-8-15)19-12-11-16-5-3-4-6-17(16)13-19/h3-10,14H,11-13H2,1-2H3. The average Bonchev–Trinajstić information content (AvgIpc) is 2.47. The van der Waals surface area contributed by atoms with E-state index in [2.05, 4.69) is 67.3 Å². The molecule has 0 N–H and O–H groups in total. The smallest absolute Gasteiger partial charge is 0.0432 e. The molecule has 0 unspecified atom stereocenters. The quantitative estimate of drug-likeness (QED) is 0.766. The van der Waals surface area contributed by atoms with Gasteiger partial charge in [0.15, 0.2) is 0 Å². The summed E-state index contributed by atoms with van der Waals surface area (Å²) < 4.78 is 0. The van der Waals surface area contributed by atoms with Crippen LogP contribution < -0.4 is 4.90 Å². The van der Waals surface area contributed by atoms with E-state index in [0.717, 1.165) is 19.5 Å². The van der Waals surface area contributed by atoms with E-state index >= 15 is 0 Å². The van der Waals surface area contributed by atoms with Crippen molar-refractivity contribution in [3.63, 3.8) is 0 Å². The van der Waals surface area contributed by atoms with Crippen molar-refractivity contribution in [3.05, 3.63) is 65.2 Å². The molecule has 1 aliphatic rings. The van der Waals surface area contributed by atoms with Crippen LogP contribution in [0.4, 0.5) is 5.69 Å². The summed E-state index contributed by atoms with van der Waals surface area (Å²) in [7, 11) is 0. The number of hydrogen-bond acceptors (Lipinski definition) is 1. The molecule has 0 atom stereocenters. The molecule has 1 aliphatic heterocycles. The molecule has 0 fully saturated rings. The number of fused-ring (bicyclic) bond motifs is 1. The van der Waals surface area contributed by atoms with Gasteiger partial charge < -0.3 is 4.90 Å². The van der Waals surface area contributed by atoms with E-state index in [9.17, 15) is 0 Å². The van der Waals surface area contributed by atoms with Crippen LogP contribution in [0, 0.1) is 0 Å². The number of rotatable bonds is 2. The zero-order valence-electron chi connectivity index (χ0n) is 11.8. The van der Waals surface area contributed by atoms with E-state index in [0.29, 0.717) is 5.92 Å². The molecule has 1 nitrogen and oxygen atoms in total. The van der Waals surface area contributed by atoms with Crippen LogP contribution in [0.25, 0.3) is 0 Å². The van der Waals surface area contributed by atoms with Gasteiger partial charge in [-0.2, -0.15) is 0 Å². The third-order valence-electron chi connectivity index (χ3n) is 4.06. The van der Waals surface area contributed by atoms with Crippen molar-refractivity contribution in [2.24, 2.45) is 0 Å². The molecule has 2 aromatic carbocycles. The van der Waals surface area contributed by atoms with Gasteiger partial charge in [0, 0.05) is 18.8 Å². The fourth-order valence-electron chi connectivity index (χ4n) is 2.79. The van der Waals surface area contributed by atoms with E-state index in [1.807, 2.05) is 0 Å². The Morgan fingerprint density at radius 1 is 0.895 bits per heavy atom. The third kappa shape index (κ3) is 2.51. The number of hydrogen-bond donors (Lipinski definition) is 0. The highest BCUT2D eigenvalue weighted by Gasteiger charge is 2.15. The molecule has 19 heavy (non-hydrogen) atoms. The van der Waals surface area contributed by atoms with Crippen LogP contribution in [0.5, 0.6) is 0 Å². The molecule has 98 valence electrons. The lowest BCUT2D eigenvalue weighted by Gasteiger charge is -2.31. The maximum absolute atomic E-state index is 2.48. The van der Waals surface area contributed by atoms with Crippen molar-refractivity contribution in [1.82, 2.24) is 0 Å². The Labute approximate surface area is 115 Å². The van der Waals surface area contributed by atoms with Crippen molar-refractivity contribution >= 4 is 5.69 Å². The van der Waals surface area contributed by atoms with Gasteiger partial charge in [-0.1, -0.05) is 50.2 Å². The minimum Gasteiger partial charge on any atom is -0.367 e. The molecule has 0 aromatic heterocycles. The summed E-state index contributed by atoms with van der Waals surface area (Å²) >= 11 is 0. The van der Waals surface area contributed by atoms with E-state index in [4.69, 9.17) is 0 Å². The summed E-state index contributed by atoms with van der Waals surface area (Å²) in [6.45, 7) is 6.65. The average molecular weight is 251 g/mol. The minimum absolute atomic E-state index is 0.608. The summed E-state index contributed by atoms with van der Waals surface area (Å²) in [5.41, 5.74) is 5.75. The molecule has 1 heteroatoms. The number of anilines is 1. The third-order valence-corrected chi connectivity index (χ3v) is 4.06. The highest BCUT2D eigenvalue weighted by molar-refractivity contribution is 5.50. The number of nitrogens with zero attached hydrogens (tertiary/aromatic N) is 1. The van der Waals surface area contributed by atoms with E-state index in [1.165, 1.54) is 22.4 Å². The van der Waals surface area contributed by atoms with Gasteiger partial charge in [0.05, 0.1) is 0 Å². The second kappa shape index (κ2) is 5.08. The molecular weight excluding hydrogens is 230 g/mol. The summed E-state index contributed by atoms with van der Waals surface area (Å²) in [4.78, 5) is 2.48. The second-order valence-corrected chi connectivity index (χ2v) is 5.69. The molecule has 0 bridgehead atoms. The molecule has 0 aliphatic carbocycles. The Kier molecular flexibility index (Phi) is 3.29. The van der Waals surface area contributed by atoms with Gasteiger partial charge in [0.2, 0.25) is 0 Å². The van der Waals surface area contributed by atoms with Crippen molar-refractivity contribution < 1.29 is 0 Å². The van der Waals surface area contributed by atoms with E-state index < -0.39 is 0 Å². The second-order valence-electron chi connectivity index (χ2n) is 5.69. The Balaban J connectivity index is 1.81. The Morgan fingerprint density at radius 2 is 1.58 bits per heavy atom. The molecule has 3 rings (SSSR count). The highest BCUT2D eigenvalue weighted by Crippen LogP contribution is 2.25. The zero-order chi connectivity index (χ0) is 13.2. The first kappa shape index (κ1) is 12.3. The molecule has 0 saturated carbocycles. The first-order valence-corrected chi connectivity index (χ1v) is 7.16. The fourth-order valence-corrected chi connectivity index (χ4v) is 2.79. The SMILES string of the molecule is CC(C)c1ccc(N2CCc3ccccc3C2)cc1. The highest BCUT2D eigenvalue weighted by atomic mass is 15.1. The summed E-state index contributed by atoms with van der Waals surface area (Å²) in [5.74, 6) is 0.608. The summed E-state index contributed by atoms with van der Waals surface area (Å²) in [6, 6.07) is 17.9. The van der Waals surface area contributed by atoms with Gasteiger partial charge in [0.1, 0.15) is 0 Å². The Hall–Kier alpha value is -1.76. The molecule has 0 amide bonds. The fraction of sp³-hybridized carbons (Fsp3) is 0.333. The number of benzene rings is 2. The molecule has 0 saturated heterocycles. The van der Waals surface area contributed by atoms with Gasteiger partial charge in [-0.15, -0.1) is 0 Å². The maximum atomic E-state index is 2.48. The Bertz CT molecular complexity index is 554. The van der Waals surface area contributed by atoms with Crippen molar-refractivity contribution in [2.45, 2.75) is 32.7 Å². The van der Waals surface area contributed by atoms with Crippen molar-refractivity contribution in [2.75, 3.05) is 11.4 Å². The topological polar surface area (TPSA) is 3.24 Å². The maximum Gasteiger partial charge on any atom is 0.0432 e. The lowest BCUT2D eigenvalue weighted by atomic mass is 9.98. The molecule has 2 aromatic rings. The van der Waals surface area contributed by atoms with Gasteiger partial charge in [-0.05, 0) is 41.2 Å². The van der Waals surface area contributed by atoms with Crippen LogP contribution in [0.15, 0.2) is 48.5 Å². The van der Waals surface area contributed by atoms with Crippen LogP contribution in [0.3, 0.4) is 0 Å². The van der Waals surface area contributed by atoms with Crippen LogP contribution in [-0.4, -0.2) is 6.54 Å². The van der Waals surface area contributed by atoms with Crippen molar-refractivity contribution in [3.8, 4) is 0 Å². The Morgan fingerprint density at radius 3 is 2.26 bits per heavy atom. The first-order chi connectivity index (χ1) is 9.24. The van der Waals surface area contributed by atoms with Gasteiger partial charge in [-0.3, -0.25) is 0 Å². The van der Waals surface area contributed by atoms with E-state index in [1.54, 1.807) is 0 Å². The predicted molar refractivity (Wildman–Crippen MR) is 81.7 cm³/mol. The molecule has 0 radical (unpaired) electrons. The first-order valence-electron chi connectivity index (χ1n) is 7.16. The van der Waals surface area contributed by atoms with Crippen LogP contribution in [0.1, 0.15) is 36.5 Å². The van der Waals surface area contributed by atoms with Gasteiger partial charge in [0.25, 0.3) is 0 Å². The zero-order valence-corrected chi connectivity index (χ0v) is 11.8. The van der Waals surface area contributed by atoms with Crippen LogP contribution in [-0.2, 0) is 13.0 Å². The molecular formula is C18H21N. The lowest BCUT2D eigenvalue weighted by molar-refractivity contribution is 0.731. The molecule has 0 spiro atoms. The lowest BCUT2D eigenvalue weighted by Crippen LogP contribution is -2.30. The monoisotopic (exact) mass is 251 g/mol. The van der Waals surface area contributed by atoms with E-state index in [-0.39, 0.29) is 0 Å². The van der Waals surface area contributed by atoms with Crippen molar-refractivity contribution in [1.29, 1.82) is 0 Å².